The molecule has 0 saturated heterocycles. The van der Waals surface area contributed by atoms with Crippen LogP contribution in [-0.4, -0.2) is 11.1 Å². The highest BCUT2D eigenvalue weighted by atomic mass is 16.4. The van der Waals surface area contributed by atoms with Crippen LogP contribution in [0.5, 0.6) is 5.75 Å². The Morgan fingerprint density at radius 2 is 2.33 bits per heavy atom. The van der Waals surface area contributed by atoms with Crippen LogP contribution in [0.1, 0.15) is 25.3 Å². The first-order chi connectivity index (χ1) is 7.09. The minimum absolute atomic E-state index is 0.0101. The number of rotatable bonds is 5. The summed E-state index contributed by atoms with van der Waals surface area (Å²) >= 11 is 0. The van der Waals surface area contributed by atoms with Gasteiger partial charge in [-0.05, 0) is 37.0 Å². The molecule has 0 heterocycles. The van der Waals surface area contributed by atoms with Gasteiger partial charge in [-0.1, -0.05) is 13.0 Å². The molecule has 0 spiro atoms. The Balaban J connectivity index is 2.47. The number of hydrogen-bond donors (Lipinski definition) is 1. The van der Waals surface area contributed by atoms with Crippen molar-refractivity contribution < 1.29 is 15.0 Å². The van der Waals surface area contributed by atoms with E-state index < -0.39 is 5.97 Å². The number of benzene rings is 1. The molecule has 1 aromatic rings. The summed E-state index contributed by atoms with van der Waals surface area (Å²) in [5.41, 5.74) is 0.718. The van der Waals surface area contributed by atoms with Crippen LogP contribution < -0.4 is 0 Å². The van der Waals surface area contributed by atoms with Crippen molar-refractivity contribution in [3.8, 4) is 5.75 Å². The average molecular weight is 206 g/mol. The van der Waals surface area contributed by atoms with Crippen molar-refractivity contribution >= 4 is 5.97 Å². The van der Waals surface area contributed by atoms with Gasteiger partial charge in [0.25, 0.3) is 0 Å². The second-order valence-electron chi connectivity index (χ2n) is 3.78. The number of carboxylic acids is 1. The van der Waals surface area contributed by atoms with Crippen molar-refractivity contribution in [3.05, 3.63) is 29.8 Å². The molecule has 2 radical (unpaired) electrons. The Hall–Kier alpha value is -1.51. The lowest BCUT2D eigenvalue weighted by Crippen LogP contribution is -2.04. The number of carbonyl (C=O) groups is 1. The summed E-state index contributed by atoms with van der Waals surface area (Å²) in [5, 5.41) is 19.9. The maximum absolute atomic E-state index is 11.4. The van der Waals surface area contributed by atoms with Gasteiger partial charge in [0, 0.05) is 12.0 Å². The molecule has 0 aliphatic carbocycles. The summed E-state index contributed by atoms with van der Waals surface area (Å²) < 4.78 is 0. The first-order valence-corrected chi connectivity index (χ1v) is 4.97. The first kappa shape index (κ1) is 11.6. The second-order valence-corrected chi connectivity index (χ2v) is 3.78. The highest BCUT2D eigenvalue weighted by molar-refractivity contribution is 5.66. The van der Waals surface area contributed by atoms with Gasteiger partial charge in [0.1, 0.15) is 0 Å². The Morgan fingerprint density at radius 1 is 1.60 bits per heavy atom. The maximum atomic E-state index is 11.4. The van der Waals surface area contributed by atoms with Crippen LogP contribution in [-0.2, 0) is 16.3 Å². The minimum atomic E-state index is -0.788. The third-order valence-electron chi connectivity index (χ3n) is 2.32. The monoisotopic (exact) mass is 206 g/mol. The number of hydrogen-bond acceptors (Lipinski definition) is 1. The van der Waals surface area contributed by atoms with Gasteiger partial charge >= 0.3 is 5.97 Å². The zero-order chi connectivity index (χ0) is 11.3. The lowest BCUT2D eigenvalue weighted by atomic mass is 9.96. The zero-order valence-electron chi connectivity index (χ0n) is 8.69. The summed E-state index contributed by atoms with van der Waals surface area (Å²) in [6, 6.07) is 7.61. The van der Waals surface area contributed by atoms with Gasteiger partial charge in [0.05, 0.1) is 0 Å². The molecule has 80 valence electrons. The molecule has 0 aromatic heterocycles. The maximum Gasteiger partial charge on any atom is 0.303 e. The van der Waals surface area contributed by atoms with Crippen LogP contribution in [0.15, 0.2) is 18.2 Å². The molecule has 1 aromatic carbocycles. The van der Waals surface area contributed by atoms with Crippen molar-refractivity contribution in [2.45, 2.75) is 26.2 Å². The van der Waals surface area contributed by atoms with Gasteiger partial charge in [-0.3, -0.25) is 9.90 Å². The molecule has 0 saturated carbocycles. The lowest BCUT2D eigenvalue weighted by molar-refractivity contribution is -0.137. The van der Waals surface area contributed by atoms with E-state index in [1.165, 1.54) is 6.07 Å². The molecular weight excluding hydrogens is 192 g/mol. The molecule has 1 unspecified atom stereocenters. The van der Waals surface area contributed by atoms with Crippen LogP contribution in [0.2, 0.25) is 0 Å². The molecule has 0 aliphatic heterocycles. The number of carboxylic acid groups (broad SMARTS) is 1. The summed E-state index contributed by atoms with van der Waals surface area (Å²) in [6.07, 6.45) is 1.39. The lowest BCUT2D eigenvalue weighted by Gasteiger charge is -2.09. The average Bonchev–Trinajstić information content (AvgIpc) is 2.18. The first-order valence-electron chi connectivity index (χ1n) is 4.97. The third-order valence-corrected chi connectivity index (χ3v) is 2.32. The van der Waals surface area contributed by atoms with Gasteiger partial charge < -0.3 is 5.11 Å². The molecule has 0 bridgehead atoms. The van der Waals surface area contributed by atoms with Gasteiger partial charge in [-0.15, -0.1) is 0 Å². The normalized spacial score (nSPS) is 12.3. The molecule has 0 fully saturated rings. The fraction of sp³-hybridized carbons (Fsp3) is 0.417. The SMILES string of the molecule is CC(CCC(=O)O)Cc1c[c]ccc1[O]. The zero-order valence-corrected chi connectivity index (χ0v) is 8.69. The van der Waals surface area contributed by atoms with E-state index in [0.29, 0.717) is 12.8 Å². The molecule has 1 atom stereocenters. The van der Waals surface area contributed by atoms with E-state index in [1.54, 1.807) is 12.1 Å². The van der Waals surface area contributed by atoms with Crippen molar-refractivity contribution in [1.29, 1.82) is 0 Å². The summed E-state index contributed by atoms with van der Waals surface area (Å²) in [6.45, 7) is 1.95. The number of aliphatic carboxylic acids is 1. The predicted octanol–water partition coefficient (Wildman–Crippen LogP) is 2.67. The fourth-order valence-corrected chi connectivity index (χ4v) is 1.46. The van der Waals surface area contributed by atoms with E-state index in [9.17, 15) is 9.90 Å². The van der Waals surface area contributed by atoms with E-state index in [1.807, 2.05) is 6.92 Å². The standard InChI is InChI=1S/C12H14O3/c1-9(6-7-12(14)15)8-10-4-2-3-5-11(10)13/h3-5,9H,6-8H2,1H3,(H,14,15). The smallest absolute Gasteiger partial charge is 0.303 e. The van der Waals surface area contributed by atoms with Crippen LogP contribution in [0.4, 0.5) is 0 Å². The molecule has 1 N–H and O–H groups in total. The molecular formula is C12H14O3. The van der Waals surface area contributed by atoms with E-state index in [2.05, 4.69) is 6.07 Å². The topological polar surface area (TPSA) is 57.2 Å². The summed E-state index contributed by atoms with van der Waals surface area (Å²) in [5.74, 6) is -0.565. The van der Waals surface area contributed by atoms with Crippen LogP contribution in [0, 0.1) is 12.0 Å². The van der Waals surface area contributed by atoms with Crippen LogP contribution in [0.3, 0.4) is 0 Å². The quantitative estimate of drug-likeness (QED) is 0.805. The third kappa shape index (κ3) is 4.02. The Bertz CT molecular complexity index is 333. The van der Waals surface area contributed by atoms with E-state index >= 15 is 0 Å². The molecule has 15 heavy (non-hydrogen) atoms. The Kier molecular flexibility index (Phi) is 4.16. The summed E-state index contributed by atoms with van der Waals surface area (Å²) in [4.78, 5) is 10.4. The fourth-order valence-electron chi connectivity index (χ4n) is 1.46. The van der Waals surface area contributed by atoms with Gasteiger partial charge in [0.2, 0.25) is 0 Å². The van der Waals surface area contributed by atoms with Gasteiger partial charge in [0.15, 0.2) is 5.75 Å². The minimum Gasteiger partial charge on any atom is -0.481 e. The molecule has 3 heteroatoms. The van der Waals surface area contributed by atoms with E-state index in [4.69, 9.17) is 5.11 Å². The second kappa shape index (κ2) is 5.39. The Labute approximate surface area is 89.4 Å². The van der Waals surface area contributed by atoms with E-state index in [-0.39, 0.29) is 18.1 Å². The van der Waals surface area contributed by atoms with Crippen molar-refractivity contribution in [2.75, 3.05) is 0 Å². The predicted molar refractivity (Wildman–Crippen MR) is 55.1 cm³/mol. The van der Waals surface area contributed by atoms with Crippen molar-refractivity contribution in [3.63, 3.8) is 0 Å². The van der Waals surface area contributed by atoms with Crippen LogP contribution in [0.25, 0.3) is 0 Å². The molecule has 0 amide bonds. The van der Waals surface area contributed by atoms with Gasteiger partial charge in [-0.25, -0.2) is 0 Å². The van der Waals surface area contributed by atoms with Crippen LogP contribution >= 0.6 is 0 Å². The molecule has 3 nitrogen and oxygen atoms in total. The van der Waals surface area contributed by atoms with Crippen molar-refractivity contribution in [2.24, 2.45) is 5.92 Å². The molecule has 0 aliphatic rings. The highest BCUT2D eigenvalue weighted by Gasteiger charge is 2.09. The van der Waals surface area contributed by atoms with E-state index in [0.717, 1.165) is 5.56 Å². The van der Waals surface area contributed by atoms with Gasteiger partial charge in [-0.2, -0.15) is 0 Å². The highest BCUT2D eigenvalue weighted by Crippen LogP contribution is 2.21. The molecule has 1 rings (SSSR count). The summed E-state index contributed by atoms with van der Waals surface area (Å²) in [7, 11) is 0. The largest absolute Gasteiger partial charge is 0.481 e. The van der Waals surface area contributed by atoms with Crippen molar-refractivity contribution in [1.82, 2.24) is 0 Å². The Morgan fingerprint density at radius 3 is 2.93 bits per heavy atom.